The van der Waals surface area contributed by atoms with Gasteiger partial charge in [-0.1, -0.05) is 24.3 Å². The van der Waals surface area contributed by atoms with Crippen molar-refractivity contribution in [3.05, 3.63) is 36.0 Å². The van der Waals surface area contributed by atoms with E-state index < -0.39 is 0 Å². The number of fused-ring (bicyclic) bond motifs is 1. The second-order valence-electron chi connectivity index (χ2n) is 5.11. The molecule has 0 saturated heterocycles. The molecule has 0 aliphatic rings. The topological polar surface area (TPSA) is 79.5 Å². The van der Waals surface area contributed by atoms with Crippen LogP contribution in [0.1, 0.15) is 29.6 Å². The fourth-order valence-corrected chi connectivity index (χ4v) is 2.33. The van der Waals surface area contributed by atoms with E-state index in [4.69, 9.17) is 10.8 Å². The number of nitrogens with zero attached hydrogens (tertiary/aromatic N) is 2. The van der Waals surface area contributed by atoms with Crippen LogP contribution in [-0.2, 0) is 0 Å². The lowest BCUT2D eigenvalue weighted by atomic mass is 10.1. The molecular weight excluding hydrogens is 266 g/mol. The predicted molar refractivity (Wildman–Crippen MR) is 84.1 cm³/mol. The van der Waals surface area contributed by atoms with Gasteiger partial charge in [0, 0.05) is 31.8 Å². The number of unbranched alkanes of at least 4 members (excludes halogenated alkanes) is 2. The normalized spacial score (nSPS) is 10.8. The highest BCUT2D eigenvalue weighted by Gasteiger charge is 2.16. The fourth-order valence-electron chi connectivity index (χ4n) is 2.33. The summed E-state index contributed by atoms with van der Waals surface area (Å²) in [5, 5.41) is 10.4. The summed E-state index contributed by atoms with van der Waals surface area (Å²) in [4.78, 5) is 18.3. The van der Waals surface area contributed by atoms with Gasteiger partial charge in [-0.25, -0.2) is 4.98 Å². The Bertz CT molecular complexity index is 628. The van der Waals surface area contributed by atoms with Crippen LogP contribution < -0.4 is 5.73 Å². The molecule has 2 rings (SSSR count). The van der Waals surface area contributed by atoms with Crippen LogP contribution in [0.3, 0.4) is 0 Å². The Morgan fingerprint density at radius 2 is 1.95 bits per heavy atom. The Balaban J connectivity index is 2.18. The van der Waals surface area contributed by atoms with Crippen molar-refractivity contribution in [3.8, 4) is 0 Å². The maximum Gasteiger partial charge on any atom is 0.255 e. The van der Waals surface area contributed by atoms with Crippen molar-refractivity contribution < 1.29 is 9.90 Å². The van der Waals surface area contributed by atoms with Crippen LogP contribution in [0.15, 0.2) is 30.5 Å². The molecule has 0 aliphatic carbocycles. The maximum absolute atomic E-state index is 12.5. The van der Waals surface area contributed by atoms with Crippen LogP contribution in [0.2, 0.25) is 0 Å². The lowest BCUT2D eigenvalue weighted by Gasteiger charge is -2.18. The summed E-state index contributed by atoms with van der Waals surface area (Å²) in [6.45, 7) is 0.863. The summed E-state index contributed by atoms with van der Waals surface area (Å²) in [5.41, 5.74) is 6.43. The Labute approximate surface area is 124 Å². The number of rotatable bonds is 6. The average Bonchev–Trinajstić information content (AvgIpc) is 2.51. The number of hydrogen-bond donors (Lipinski definition) is 2. The van der Waals surface area contributed by atoms with Crippen LogP contribution in [0.5, 0.6) is 0 Å². The quantitative estimate of drug-likeness (QED) is 0.797. The van der Waals surface area contributed by atoms with E-state index in [2.05, 4.69) is 4.98 Å². The SMILES string of the molecule is CN(CCCCCO)C(=O)c1cnc(N)c2ccccc12. The van der Waals surface area contributed by atoms with Crippen LogP contribution >= 0.6 is 0 Å². The van der Waals surface area contributed by atoms with Crippen LogP contribution in [0.25, 0.3) is 10.8 Å². The van der Waals surface area contributed by atoms with Gasteiger partial charge in [0.25, 0.3) is 5.91 Å². The molecule has 2 aromatic rings. The predicted octanol–water partition coefficient (Wildman–Crippen LogP) is 2.05. The third-order valence-corrected chi connectivity index (χ3v) is 3.55. The van der Waals surface area contributed by atoms with E-state index >= 15 is 0 Å². The number of aliphatic hydroxyl groups is 1. The molecule has 0 unspecified atom stereocenters. The van der Waals surface area contributed by atoms with E-state index in [1.807, 2.05) is 24.3 Å². The first kappa shape index (κ1) is 15.3. The van der Waals surface area contributed by atoms with Crippen molar-refractivity contribution in [1.29, 1.82) is 0 Å². The van der Waals surface area contributed by atoms with Crippen LogP contribution in [0, 0.1) is 0 Å². The zero-order valence-electron chi connectivity index (χ0n) is 12.2. The number of amides is 1. The smallest absolute Gasteiger partial charge is 0.255 e. The summed E-state index contributed by atoms with van der Waals surface area (Å²) in [5.74, 6) is 0.385. The minimum atomic E-state index is -0.0531. The molecule has 1 heterocycles. The van der Waals surface area contributed by atoms with Gasteiger partial charge in [0.15, 0.2) is 0 Å². The number of aromatic nitrogens is 1. The first-order chi connectivity index (χ1) is 10.1. The van der Waals surface area contributed by atoms with E-state index in [0.29, 0.717) is 17.9 Å². The molecule has 1 aromatic carbocycles. The fraction of sp³-hybridized carbons (Fsp3) is 0.375. The number of hydrogen-bond acceptors (Lipinski definition) is 4. The number of benzene rings is 1. The first-order valence-corrected chi connectivity index (χ1v) is 7.14. The van der Waals surface area contributed by atoms with Gasteiger partial charge in [0.05, 0.1) is 5.56 Å². The molecule has 0 atom stereocenters. The second kappa shape index (κ2) is 7.04. The van der Waals surface area contributed by atoms with E-state index in [1.54, 1.807) is 18.1 Å². The summed E-state index contributed by atoms with van der Waals surface area (Å²) >= 11 is 0. The van der Waals surface area contributed by atoms with Crippen molar-refractivity contribution in [2.75, 3.05) is 25.9 Å². The number of nitrogens with two attached hydrogens (primary N) is 1. The zero-order chi connectivity index (χ0) is 15.2. The van der Waals surface area contributed by atoms with Gasteiger partial charge < -0.3 is 15.7 Å². The highest BCUT2D eigenvalue weighted by molar-refractivity contribution is 6.08. The molecule has 0 saturated carbocycles. The van der Waals surface area contributed by atoms with E-state index in [0.717, 1.165) is 30.0 Å². The van der Waals surface area contributed by atoms with E-state index in [1.165, 1.54) is 0 Å². The first-order valence-electron chi connectivity index (χ1n) is 7.14. The zero-order valence-corrected chi connectivity index (χ0v) is 12.2. The standard InChI is InChI=1S/C16H21N3O2/c1-19(9-5-2-6-10-20)16(21)14-11-18-15(17)13-8-4-3-7-12(13)14/h3-4,7-8,11,20H,2,5-6,9-10H2,1H3,(H2,17,18). The molecule has 3 N–H and O–H groups in total. The van der Waals surface area contributed by atoms with Gasteiger partial charge >= 0.3 is 0 Å². The number of pyridine rings is 1. The van der Waals surface area contributed by atoms with Crippen molar-refractivity contribution in [2.24, 2.45) is 0 Å². The molecule has 0 aliphatic heterocycles. The third-order valence-electron chi connectivity index (χ3n) is 3.55. The number of carbonyl (C=O) groups is 1. The monoisotopic (exact) mass is 287 g/mol. The third kappa shape index (κ3) is 3.49. The largest absolute Gasteiger partial charge is 0.396 e. The molecule has 0 radical (unpaired) electrons. The molecular formula is C16H21N3O2. The number of nitrogen functional groups attached to an aromatic ring is 1. The van der Waals surface area contributed by atoms with Gasteiger partial charge in [-0.15, -0.1) is 0 Å². The average molecular weight is 287 g/mol. The van der Waals surface area contributed by atoms with Gasteiger partial charge in [-0.3, -0.25) is 4.79 Å². The second-order valence-corrected chi connectivity index (χ2v) is 5.11. The Hall–Kier alpha value is -2.14. The molecule has 1 amide bonds. The lowest BCUT2D eigenvalue weighted by Crippen LogP contribution is -2.28. The van der Waals surface area contributed by atoms with Crippen molar-refractivity contribution in [1.82, 2.24) is 9.88 Å². The maximum atomic E-state index is 12.5. The van der Waals surface area contributed by atoms with Crippen molar-refractivity contribution >= 4 is 22.5 Å². The minimum Gasteiger partial charge on any atom is -0.396 e. The highest BCUT2D eigenvalue weighted by atomic mass is 16.2. The number of anilines is 1. The minimum absolute atomic E-state index is 0.0531. The van der Waals surface area contributed by atoms with Gasteiger partial charge in [-0.2, -0.15) is 0 Å². The highest BCUT2D eigenvalue weighted by Crippen LogP contribution is 2.23. The molecule has 112 valence electrons. The summed E-state index contributed by atoms with van der Waals surface area (Å²) < 4.78 is 0. The molecule has 0 bridgehead atoms. The Morgan fingerprint density at radius 1 is 1.24 bits per heavy atom. The summed E-state index contributed by atoms with van der Waals surface area (Å²) in [6.07, 6.45) is 4.11. The lowest BCUT2D eigenvalue weighted by molar-refractivity contribution is 0.0794. The molecule has 5 nitrogen and oxygen atoms in total. The Morgan fingerprint density at radius 3 is 2.67 bits per heavy atom. The van der Waals surface area contributed by atoms with Gasteiger partial charge in [0.1, 0.15) is 5.82 Å². The molecule has 0 fully saturated rings. The number of carbonyl (C=O) groups excluding carboxylic acids is 1. The van der Waals surface area contributed by atoms with Gasteiger partial charge in [0.2, 0.25) is 0 Å². The van der Waals surface area contributed by atoms with Crippen molar-refractivity contribution in [3.63, 3.8) is 0 Å². The summed E-state index contributed by atoms with van der Waals surface area (Å²) in [7, 11) is 1.78. The van der Waals surface area contributed by atoms with E-state index in [9.17, 15) is 4.79 Å². The summed E-state index contributed by atoms with van der Waals surface area (Å²) in [6, 6.07) is 7.53. The van der Waals surface area contributed by atoms with Crippen LogP contribution in [-0.4, -0.2) is 41.1 Å². The molecule has 1 aromatic heterocycles. The molecule has 0 spiro atoms. The molecule has 5 heteroatoms. The van der Waals surface area contributed by atoms with Gasteiger partial charge in [-0.05, 0) is 24.6 Å². The molecule has 21 heavy (non-hydrogen) atoms. The van der Waals surface area contributed by atoms with Crippen molar-refractivity contribution in [2.45, 2.75) is 19.3 Å². The number of aliphatic hydroxyl groups excluding tert-OH is 1. The van der Waals surface area contributed by atoms with E-state index in [-0.39, 0.29) is 12.5 Å². The van der Waals surface area contributed by atoms with Crippen LogP contribution in [0.4, 0.5) is 5.82 Å². The Kier molecular flexibility index (Phi) is 5.11.